The van der Waals surface area contributed by atoms with Crippen LogP contribution in [0.25, 0.3) is 0 Å². The summed E-state index contributed by atoms with van der Waals surface area (Å²) in [5.41, 5.74) is 0. The van der Waals surface area contributed by atoms with Crippen LogP contribution in [0, 0.1) is 11.8 Å². The van der Waals surface area contributed by atoms with Gasteiger partial charge in [-0.25, -0.2) is 0 Å². The third-order valence-electron chi connectivity index (χ3n) is 5.92. The molecule has 4 nitrogen and oxygen atoms in total. The highest BCUT2D eigenvalue weighted by Crippen LogP contribution is 2.35. The van der Waals surface area contributed by atoms with Gasteiger partial charge in [-0.2, -0.15) is 0 Å². The van der Waals surface area contributed by atoms with Crippen LogP contribution in [-0.4, -0.2) is 48.2 Å². The molecule has 0 radical (unpaired) electrons. The second-order valence-corrected chi connectivity index (χ2v) is 7.23. The number of carbonyl (C=O) groups excluding carboxylic acids is 1. The number of hydrogen-bond donors (Lipinski definition) is 1. The molecule has 0 aromatic heterocycles. The Labute approximate surface area is 128 Å². The number of hydrogen-bond acceptors (Lipinski definition) is 3. The summed E-state index contributed by atoms with van der Waals surface area (Å²) in [4.78, 5) is 15.4. The van der Waals surface area contributed by atoms with Crippen LogP contribution < -0.4 is 5.32 Å². The van der Waals surface area contributed by atoms with Crippen molar-refractivity contribution >= 4 is 5.91 Å². The lowest BCUT2D eigenvalue weighted by atomic mass is 9.86. The van der Waals surface area contributed by atoms with Crippen molar-refractivity contribution in [3.63, 3.8) is 0 Å². The Morgan fingerprint density at radius 2 is 1.90 bits per heavy atom. The molecule has 0 aromatic carbocycles. The highest BCUT2D eigenvalue weighted by molar-refractivity contribution is 5.80. The van der Waals surface area contributed by atoms with Gasteiger partial charge in [0.2, 0.25) is 5.91 Å². The fourth-order valence-electron chi connectivity index (χ4n) is 4.57. The van der Waals surface area contributed by atoms with Gasteiger partial charge in [0.15, 0.2) is 0 Å². The summed E-state index contributed by atoms with van der Waals surface area (Å²) in [6.45, 7) is 8.38. The smallest absolute Gasteiger partial charge is 0.228 e. The zero-order valence-corrected chi connectivity index (χ0v) is 13.7. The van der Waals surface area contributed by atoms with Gasteiger partial charge >= 0.3 is 0 Å². The average Bonchev–Trinajstić information content (AvgIpc) is 3.08. The zero-order chi connectivity index (χ0) is 15.0. The van der Waals surface area contributed by atoms with E-state index in [-0.39, 0.29) is 18.1 Å². The molecule has 4 heteroatoms. The number of nitrogens with zero attached hydrogens (tertiary/aromatic N) is 1. The van der Waals surface area contributed by atoms with Crippen molar-refractivity contribution in [2.45, 2.75) is 77.2 Å². The molecule has 6 unspecified atom stereocenters. The van der Waals surface area contributed by atoms with E-state index in [0.717, 1.165) is 25.9 Å². The molecular weight excluding hydrogens is 264 g/mol. The number of amides is 1. The molecule has 3 aliphatic rings. The van der Waals surface area contributed by atoms with E-state index in [9.17, 15) is 4.79 Å². The fraction of sp³-hybridized carbons (Fsp3) is 0.941. The molecule has 21 heavy (non-hydrogen) atoms. The van der Waals surface area contributed by atoms with Crippen LogP contribution in [0.3, 0.4) is 0 Å². The molecule has 3 saturated heterocycles. The quantitative estimate of drug-likeness (QED) is 0.849. The van der Waals surface area contributed by atoms with Gasteiger partial charge in [0.05, 0.1) is 18.1 Å². The summed E-state index contributed by atoms with van der Waals surface area (Å²) >= 11 is 0. The Kier molecular flexibility index (Phi) is 4.55. The normalized spacial score (nSPS) is 44.2. The highest BCUT2D eigenvalue weighted by atomic mass is 16.5. The molecule has 0 spiro atoms. The van der Waals surface area contributed by atoms with Crippen LogP contribution in [0.2, 0.25) is 0 Å². The fourth-order valence-corrected chi connectivity index (χ4v) is 4.57. The Morgan fingerprint density at radius 1 is 1.10 bits per heavy atom. The minimum atomic E-state index is 0.0435. The highest BCUT2D eigenvalue weighted by Gasteiger charge is 2.45. The first-order valence-electron chi connectivity index (χ1n) is 8.79. The molecule has 0 aromatic rings. The van der Waals surface area contributed by atoms with Gasteiger partial charge in [-0.1, -0.05) is 6.92 Å². The first kappa shape index (κ1) is 15.3. The van der Waals surface area contributed by atoms with Gasteiger partial charge in [-0.05, 0) is 58.4 Å². The lowest BCUT2D eigenvalue weighted by Crippen LogP contribution is -2.55. The molecule has 0 aliphatic carbocycles. The van der Waals surface area contributed by atoms with E-state index in [1.165, 1.54) is 19.3 Å². The largest absolute Gasteiger partial charge is 0.374 e. The topological polar surface area (TPSA) is 41.6 Å². The Hall–Kier alpha value is -0.610. The average molecular weight is 294 g/mol. The number of rotatable bonds is 2. The monoisotopic (exact) mass is 294 g/mol. The van der Waals surface area contributed by atoms with Crippen molar-refractivity contribution in [2.75, 3.05) is 13.1 Å². The lowest BCUT2D eigenvalue weighted by molar-refractivity contribution is -0.142. The molecule has 6 atom stereocenters. The second-order valence-electron chi connectivity index (χ2n) is 7.23. The van der Waals surface area contributed by atoms with Gasteiger partial charge in [0.1, 0.15) is 0 Å². The van der Waals surface area contributed by atoms with Crippen molar-refractivity contribution in [2.24, 2.45) is 11.8 Å². The number of carbonyl (C=O) groups is 1. The molecule has 3 fully saturated rings. The number of likely N-dealkylation sites (tertiary alicyclic amines) is 1. The van der Waals surface area contributed by atoms with E-state index in [4.69, 9.17) is 4.74 Å². The Balaban J connectivity index is 1.74. The first-order chi connectivity index (χ1) is 10.1. The summed E-state index contributed by atoms with van der Waals surface area (Å²) in [5, 5.41) is 3.61. The summed E-state index contributed by atoms with van der Waals surface area (Å²) < 4.78 is 5.90. The first-order valence-corrected chi connectivity index (χ1v) is 8.79. The molecule has 120 valence electrons. The molecule has 1 amide bonds. The summed E-state index contributed by atoms with van der Waals surface area (Å²) in [7, 11) is 0. The third kappa shape index (κ3) is 2.85. The molecule has 1 N–H and O–H groups in total. The molecule has 3 aliphatic heterocycles. The van der Waals surface area contributed by atoms with Crippen LogP contribution in [0.5, 0.6) is 0 Å². The van der Waals surface area contributed by atoms with E-state index >= 15 is 0 Å². The van der Waals surface area contributed by atoms with E-state index in [2.05, 4.69) is 31.0 Å². The summed E-state index contributed by atoms with van der Waals surface area (Å²) in [6, 6.07) is 0.920. The Bertz CT molecular complexity index is 381. The van der Waals surface area contributed by atoms with Crippen molar-refractivity contribution in [3.05, 3.63) is 0 Å². The predicted octanol–water partition coefficient (Wildman–Crippen LogP) is 2.18. The Morgan fingerprint density at radius 3 is 2.52 bits per heavy atom. The van der Waals surface area contributed by atoms with Crippen molar-refractivity contribution in [1.82, 2.24) is 10.2 Å². The van der Waals surface area contributed by atoms with E-state index in [1.807, 2.05) is 0 Å². The molecule has 0 saturated carbocycles. The second kappa shape index (κ2) is 6.25. The van der Waals surface area contributed by atoms with Crippen molar-refractivity contribution < 1.29 is 9.53 Å². The minimum absolute atomic E-state index is 0.0435. The molecule has 3 rings (SSSR count). The van der Waals surface area contributed by atoms with Gasteiger partial charge in [-0.3, -0.25) is 4.79 Å². The predicted molar refractivity (Wildman–Crippen MR) is 83.0 cm³/mol. The van der Waals surface area contributed by atoms with Crippen molar-refractivity contribution in [3.8, 4) is 0 Å². The number of piperidine rings is 1. The van der Waals surface area contributed by atoms with Crippen LogP contribution in [0.15, 0.2) is 0 Å². The van der Waals surface area contributed by atoms with E-state index in [1.54, 1.807) is 0 Å². The standard InChI is InChI=1S/C17H30N2O2/c1-11-12(2)21-13(3)16(11)17(20)19-10-5-4-8-15(19)14-7-6-9-18-14/h11-16,18H,4-10H2,1-3H3. The maximum Gasteiger partial charge on any atom is 0.228 e. The van der Waals surface area contributed by atoms with Gasteiger partial charge in [0, 0.05) is 18.6 Å². The number of ether oxygens (including phenoxy) is 1. The lowest BCUT2D eigenvalue weighted by Gasteiger charge is -2.41. The van der Waals surface area contributed by atoms with E-state index < -0.39 is 0 Å². The van der Waals surface area contributed by atoms with Gasteiger partial charge < -0.3 is 15.0 Å². The maximum absolute atomic E-state index is 13.2. The van der Waals surface area contributed by atoms with Crippen molar-refractivity contribution in [1.29, 1.82) is 0 Å². The summed E-state index contributed by atoms with van der Waals surface area (Å²) in [5.74, 6) is 0.714. The summed E-state index contributed by atoms with van der Waals surface area (Å²) in [6.07, 6.45) is 6.30. The van der Waals surface area contributed by atoms with Gasteiger partial charge in [-0.15, -0.1) is 0 Å². The van der Waals surface area contributed by atoms with Crippen LogP contribution >= 0.6 is 0 Å². The van der Waals surface area contributed by atoms with E-state index in [0.29, 0.717) is 23.9 Å². The molecule has 3 heterocycles. The minimum Gasteiger partial charge on any atom is -0.374 e. The van der Waals surface area contributed by atoms with Crippen LogP contribution in [-0.2, 0) is 9.53 Å². The zero-order valence-electron chi connectivity index (χ0n) is 13.7. The number of nitrogens with one attached hydrogen (secondary N) is 1. The van der Waals surface area contributed by atoms with Gasteiger partial charge in [0.25, 0.3) is 0 Å². The SMILES string of the molecule is CC1OC(C)C(C(=O)N2CCCCC2C2CCCN2)C1C. The van der Waals surface area contributed by atoms with Crippen LogP contribution in [0.1, 0.15) is 52.9 Å². The van der Waals surface area contributed by atoms with Crippen LogP contribution in [0.4, 0.5) is 0 Å². The maximum atomic E-state index is 13.2. The third-order valence-corrected chi connectivity index (χ3v) is 5.92. The molecular formula is C17H30N2O2. The molecule has 0 bridgehead atoms.